The van der Waals surface area contributed by atoms with E-state index in [1.54, 1.807) is 90.1 Å². The summed E-state index contributed by atoms with van der Waals surface area (Å²) < 4.78 is 40.5. The zero-order valence-electron chi connectivity index (χ0n) is 72.1. The number of amides is 3. The van der Waals surface area contributed by atoms with Crippen molar-refractivity contribution in [2.75, 3.05) is 93.2 Å². The van der Waals surface area contributed by atoms with Crippen molar-refractivity contribution in [3.05, 3.63) is 372 Å². The fourth-order valence-electron chi connectivity index (χ4n) is 18.2. The van der Waals surface area contributed by atoms with Crippen LogP contribution in [0, 0.1) is 65.9 Å². The Hall–Kier alpha value is -10.6. The maximum absolute atomic E-state index is 13.9. The van der Waals surface area contributed by atoms with Crippen LogP contribution in [-0.2, 0) is 16.2 Å². The molecule has 0 atom stereocenters. The summed E-state index contributed by atoms with van der Waals surface area (Å²) in [5, 5.41) is 0.633. The molecule has 126 heavy (non-hydrogen) atoms. The van der Waals surface area contributed by atoms with Gasteiger partial charge in [-0.2, -0.15) is 0 Å². The molecule has 0 aliphatic carbocycles. The third kappa shape index (κ3) is 21.0. The minimum atomic E-state index is -0.243. The summed E-state index contributed by atoms with van der Waals surface area (Å²) in [5.41, 5.74) is 19.8. The van der Waals surface area contributed by atoms with Gasteiger partial charge in [0.2, 0.25) is 0 Å². The van der Waals surface area contributed by atoms with Crippen molar-refractivity contribution < 1.29 is 27.6 Å². The molecule has 18 rings (SSSR count). The molecule has 0 unspecified atom stereocenters. The van der Waals surface area contributed by atoms with Gasteiger partial charge in [0, 0.05) is 142 Å². The molecule has 9 aromatic carbocycles. The Balaban J connectivity index is 0.000000139. The van der Waals surface area contributed by atoms with Crippen LogP contribution in [0.15, 0.2) is 284 Å². The molecule has 12 nitrogen and oxygen atoms in total. The number of piperidine rings is 3. The molecule has 9 heterocycles. The van der Waals surface area contributed by atoms with E-state index in [9.17, 15) is 27.6 Å². The smallest absolute Gasteiger partial charge is 0.258 e. The molecule has 0 saturated carbocycles. The average Bonchev–Trinajstić information content (AvgIpc) is 1.59. The Morgan fingerprint density at radius 2 is 0.683 bits per heavy atom. The Labute approximate surface area is 761 Å². The molecule has 3 fully saturated rings. The number of hydrogen-bond acceptors (Lipinski definition) is 12. The highest BCUT2D eigenvalue weighted by Gasteiger charge is 2.50. The predicted molar refractivity (Wildman–Crippen MR) is 510 cm³/mol. The van der Waals surface area contributed by atoms with Crippen molar-refractivity contribution >= 4 is 111 Å². The van der Waals surface area contributed by atoms with Gasteiger partial charge in [-0.25, -0.2) is 23.1 Å². The molecule has 6 aliphatic heterocycles. The second-order valence-electron chi connectivity index (χ2n) is 34.3. The highest BCUT2D eigenvalue weighted by molar-refractivity contribution is 7.99. The highest BCUT2D eigenvalue weighted by atomic mass is 35.5. The van der Waals surface area contributed by atoms with Crippen molar-refractivity contribution in [2.24, 2.45) is 0 Å². The number of aromatic nitrogens is 3. The molecule has 0 N–H and O–H groups in total. The van der Waals surface area contributed by atoms with Crippen LogP contribution in [0.2, 0.25) is 10.3 Å². The van der Waals surface area contributed by atoms with Gasteiger partial charge in [-0.05, 0) is 346 Å². The normalized spacial score (nSPS) is 16.3. The van der Waals surface area contributed by atoms with E-state index in [2.05, 4.69) is 216 Å². The van der Waals surface area contributed by atoms with Crippen LogP contribution in [0.25, 0.3) is 18.2 Å². The van der Waals surface area contributed by atoms with Crippen molar-refractivity contribution in [1.29, 1.82) is 0 Å². The minimum absolute atomic E-state index is 0.0244. The minimum Gasteiger partial charge on any atom is -0.307 e. The molecule has 20 heteroatoms. The van der Waals surface area contributed by atoms with E-state index in [0.717, 1.165) is 155 Å². The summed E-state index contributed by atoms with van der Waals surface area (Å²) >= 11 is 17.2. The highest BCUT2D eigenvalue weighted by Crippen LogP contribution is 2.53. The van der Waals surface area contributed by atoms with E-state index in [1.807, 2.05) is 58.9 Å². The molecule has 12 aromatic rings. The first-order valence-corrected chi connectivity index (χ1v) is 46.3. The number of hydrogen-bond donors (Lipinski definition) is 0. The summed E-state index contributed by atoms with van der Waals surface area (Å²) in [6.45, 7) is 24.9. The Morgan fingerprint density at radius 3 is 1.05 bits per heavy atom. The van der Waals surface area contributed by atoms with E-state index in [4.69, 9.17) is 23.2 Å². The first kappa shape index (κ1) is 88.8. The molecule has 6 aliphatic rings. The van der Waals surface area contributed by atoms with Crippen molar-refractivity contribution in [1.82, 2.24) is 29.7 Å². The quantitative estimate of drug-likeness (QED) is 0.0763. The number of fused-ring (bicyclic) bond motifs is 6. The number of benzene rings is 9. The van der Waals surface area contributed by atoms with Crippen LogP contribution in [0.5, 0.6) is 0 Å². The summed E-state index contributed by atoms with van der Waals surface area (Å²) in [6, 6.07) is 71.2. The maximum atomic E-state index is 13.9. The second-order valence-corrected chi connectivity index (χ2v) is 38.5. The molecule has 642 valence electrons. The fraction of sp³-hybridized carbons (Fsp3) is 0.264. The first-order chi connectivity index (χ1) is 60.9. The van der Waals surface area contributed by atoms with Crippen LogP contribution in [0.3, 0.4) is 0 Å². The zero-order valence-corrected chi connectivity index (χ0v) is 76.0. The number of aryl methyl sites for hydroxylation is 7. The fourth-order valence-corrected chi connectivity index (χ4v) is 21.2. The van der Waals surface area contributed by atoms with Crippen molar-refractivity contribution in [2.45, 2.75) is 133 Å². The first-order valence-electron chi connectivity index (χ1n) is 43.1. The van der Waals surface area contributed by atoms with Gasteiger partial charge in [0.25, 0.3) is 17.7 Å². The molecular weight excluding hydrogens is 1670 g/mol. The van der Waals surface area contributed by atoms with Crippen LogP contribution in [0.1, 0.15) is 142 Å². The van der Waals surface area contributed by atoms with Gasteiger partial charge in [0.1, 0.15) is 27.8 Å². The number of pyridine rings is 3. The van der Waals surface area contributed by atoms with Gasteiger partial charge in [-0.15, -0.1) is 0 Å². The van der Waals surface area contributed by atoms with E-state index >= 15 is 0 Å². The van der Waals surface area contributed by atoms with Gasteiger partial charge < -0.3 is 14.7 Å². The van der Waals surface area contributed by atoms with E-state index in [-0.39, 0.29) is 51.4 Å². The lowest BCUT2D eigenvalue weighted by Crippen LogP contribution is -2.46. The number of halogens is 5. The molecule has 0 bridgehead atoms. The predicted octanol–water partition coefficient (Wildman–Crippen LogP) is 24.7. The number of likely N-dealkylation sites (tertiary alicyclic amines) is 3. The third-order valence-corrected chi connectivity index (χ3v) is 29.0. The van der Waals surface area contributed by atoms with Gasteiger partial charge in [0.05, 0.1) is 0 Å². The molecule has 3 spiro atoms. The van der Waals surface area contributed by atoms with E-state index in [1.165, 1.54) is 97.6 Å². The lowest BCUT2D eigenvalue weighted by Gasteiger charge is -2.39. The van der Waals surface area contributed by atoms with Gasteiger partial charge in [0.15, 0.2) is 0 Å². The van der Waals surface area contributed by atoms with Crippen molar-refractivity contribution in [3.8, 4) is 0 Å². The topological polar surface area (TPSA) is 109 Å². The summed E-state index contributed by atoms with van der Waals surface area (Å²) in [6.07, 6.45) is 22.5. The standard InChI is InChI=1S/C36H35ClFN3OS.C36H36FN3OS.C34H31ClFN3OS/c1-24-6-7-27(19-25(24)2)5-4-16-40-17-14-36(15-18-40)23-41(35(42)28-20-26(3)39-34(37)21-28)33-13-12-31(22-32(33)36)43-30-10-8-29(38)9-11-30;1-25-6-7-28(21-26(25)2)5-4-18-39-19-15-36(16-20-39)24-40(35(41)29-14-17-38-27(3)22-29)34-13-12-32(23-33(34)36)42-31-10-8-30(37)9-11-31;1-24-4-6-25(7-5-24)3-2-18-38-19-15-34(16-20-38)23-39(33(40)26-14-17-37-32(35)21-26)31-13-12-29(22-30(31)34)41-28-10-8-27(36)9-11-28/h4-13,19-22H,14-18,23H2,1-3H3;4-14,17,21-23H,15-16,18-20,24H2,1-3H3;2-14,17,21-22H,15-16,18-20,23H2,1H3/b2*5-4+;3-2+. The molecule has 3 amide bonds. The largest absolute Gasteiger partial charge is 0.307 e. The number of carbonyl (C=O) groups excluding carboxylic acids is 3. The number of nitrogens with zero attached hydrogens (tertiary/aromatic N) is 9. The van der Waals surface area contributed by atoms with Crippen LogP contribution in [0.4, 0.5) is 30.2 Å². The number of carbonyl (C=O) groups is 3. The maximum Gasteiger partial charge on any atom is 0.258 e. The zero-order chi connectivity index (χ0) is 87.8. The van der Waals surface area contributed by atoms with Gasteiger partial charge in [-0.1, -0.05) is 161 Å². The Morgan fingerprint density at radius 1 is 0.349 bits per heavy atom. The van der Waals surface area contributed by atoms with Crippen LogP contribution in [-0.4, -0.2) is 126 Å². The Kier molecular flexibility index (Phi) is 27.7. The third-order valence-electron chi connectivity index (χ3n) is 25.6. The van der Waals surface area contributed by atoms with Crippen molar-refractivity contribution in [3.63, 3.8) is 0 Å². The number of rotatable bonds is 18. The van der Waals surface area contributed by atoms with E-state index in [0.29, 0.717) is 46.6 Å². The summed E-state index contributed by atoms with van der Waals surface area (Å²) in [7, 11) is 0. The number of anilines is 3. The van der Waals surface area contributed by atoms with Gasteiger partial charge in [-0.3, -0.25) is 34.1 Å². The van der Waals surface area contributed by atoms with Crippen LogP contribution < -0.4 is 14.7 Å². The summed E-state index contributed by atoms with van der Waals surface area (Å²) in [5.74, 6) is -0.806. The molecule has 3 saturated heterocycles. The van der Waals surface area contributed by atoms with Gasteiger partial charge >= 0.3 is 0 Å². The average molecular weight is 1770 g/mol. The Bertz CT molecular complexity index is 6070. The monoisotopic (exact) mass is 1770 g/mol. The van der Waals surface area contributed by atoms with Crippen LogP contribution >= 0.6 is 58.5 Å². The lowest BCUT2D eigenvalue weighted by molar-refractivity contribution is 0.0970. The molecular formula is C106H102Cl2F3N9O3S3. The molecule has 0 radical (unpaired) electrons. The second kappa shape index (κ2) is 39.3. The lowest BCUT2D eigenvalue weighted by atomic mass is 9.74. The SMILES string of the molecule is Cc1cc(C(=O)N2CC3(CCN(C/C=C/c4ccc(C)c(C)c4)CC3)c3cc(Sc4ccc(F)cc4)ccc32)cc(Cl)n1.Cc1cc(C(=O)N2CC3(CCN(C/C=C/c4ccc(C)c(C)c4)CC3)c3cc(Sc4ccc(F)cc4)ccc32)ccn1.Cc1ccc(/C=C/CN2CCC3(CC2)CN(C(=O)c2ccnc(Cl)c2)c2ccc(Sc4ccc(F)cc4)cc23)cc1. The van der Waals surface area contributed by atoms with E-state index < -0.39 is 0 Å². The molecule has 3 aromatic heterocycles. The summed E-state index contributed by atoms with van der Waals surface area (Å²) in [4.78, 5) is 73.6.